The molecule has 0 fully saturated rings. The van der Waals surface area contributed by atoms with Gasteiger partial charge in [0, 0.05) is 32.9 Å². The van der Waals surface area contributed by atoms with E-state index in [1.54, 1.807) is 13.1 Å². The van der Waals surface area contributed by atoms with Crippen LogP contribution in [0.2, 0.25) is 0 Å². The van der Waals surface area contributed by atoms with Crippen molar-refractivity contribution in [2.75, 3.05) is 25.5 Å². The lowest BCUT2D eigenvalue weighted by molar-refractivity contribution is -0.137. The highest BCUT2D eigenvalue weighted by Gasteiger charge is 2.30. The molecule has 0 aliphatic carbocycles. The van der Waals surface area contributed by atoms with Crippen LogP contribution in [0.15, 0.2) is 47.6 Å². The molecule has 2 rings (SSSR count). The molecule has 0 radical (unpaired) electrons. The van der Waals surface area contributed by atoms with Crippen LogP contribution in [-0.4, -0.2) is 31.1 Å². The monoisotopic (exact) mass is 383 g/mol. The van der Waals surface area contributed by atoms with Gasteiger partial charge in [0.15, 0.2) is 5.96 Å². The van der Waals surface area contributed by atoms with Crippen molar-refractivity contribution >= 4 is 11.8 Å². The Morgan fingerprint density at radius 3 is 2.56 bits per heavy atom. The summed E-state index contributed by atoms with van der Waals surface area (Å²) in [6.07, 6.45) is -2.88. The highest BCUT2D eigenvalue weighted by molar-refractivity contribution is 5.79. The number of benzene rings is 1. The molecule has 0 atom stereocenters. The number of guanidine groups is 1. The van der Waals surface area contributed by atoms with Gasteiger partial charge in [-0.15, -0.1) is 0 Å². The van der Waals surface area contributed by atoms with Gasteiger partial charge in [0.25, 0.3) is 0 Å². The number of anilines is 1. The van der Waals surface area contributed by atoms with E-state index in [-0.39, 0.29) is 5.82 Å². The Labute approximate surface area is 154 Å². The Hall–Kier alpha value is -2.84. The zero-order valence-electron chi connectivity index (χ0n) is 14.8. The van der Waals surface area contributed by atoms with Crippen LogP contribution in [0.4, 0.5) is 23.4 Å². The van der Waals surface area contributed by atoms with Crippen molar-refractivity contribution in [1.82, 2.24) is 15.6 Å². The predicted molar refractivity (Wildman–Crippen MR) is 96.9 cm³/mol. The molecular weight excluding hydrogens is 362 g/mol. The second-order valence-corrected chi connectivity index (χ2v) is 5.69. The summed E-state index contributed by atoms with van der Waals surface area (Å²) in [5.74, 6) is 0.670. The lowest BCUT2D eigenvalue weighted by atomic mass is 10.2. The van der Waals surface area contributed by atoms with E-state index < -0.39 is 11.7 Å². The maximum absolute atomic E-state index is 13.1. The minimum Gasteiger partial charge on any atom is -0.370 e. The molecule has 1 aromatic carbocycles. The number of nitrogens with zero attached hydrogens (tertiary/aromatic N) is 2. The molecule has 0 amide bonds. The number of halogens is 4. The molecule has 0 saturated heterocycles. The number of hydrogen-bond donors (Lipinski definition) is 3. The third-order valence-electron chi connectivity index (χ3n) is 3.62. The van der Waals surface area contributed by atoms with Crippen molar-refractivity contribution in [3.8, 4) is 0 Å². The molecule has 0 saturated carbocycles. The first kappa shape index (κ1) is 20.5. The molecule has 0 bridgehead atoms. The molecule has 0 aliphatic heterocycles. The summed E-state index contributed by atoms with van der Waals surface area (Å²) >= 11 is 0. The van der Waals surface area contributed by atoms with Crippen molar-refractivity contribution in [3.63, 3.8) is 0 Å². The first-order valence-electron chi connectivity index (χ1n) is 8.34. The van der Waals surface area contributed by atoms with Gasteiger partial charge in [0.05, 0.1) is 5.56 Å². The van der Waals surface area contributed by atoms with Gasteiger partial charge < -0.3 is 16.0 Å². The summed E-state index contributed by atoms with van der Waals surface area (Å²) in [6.45, 7) is 1.56. The van der Waals surface area contributed by atoms with Crippen LogP contribution >= 0.6 is 0 Å². The first-order chi connectivity index (χ1) is 12.9. The Kier molecular flexibility index (Phi) is 7.39. The van der Waals surface area contributed by atoms with Crippen LogP contribution in [0.1, 0.15) is 17.5 Å². The smallest absolute Gasteiger partial charge is 0.370 e. The van der Waals surface area contributed by atoms with E-state index in [0.717, 1.165) is 17.8 Å². The van der Waals surface area contributed by atoms with Crippen LogP contribution in [0, 0.1) is 5.82 Å². The van der Waals surface area contributed by atoms with Crippen LogP contribution in [0.25, 0.3) is 0 Å². The molecule has 1 heterocycles. The number of hydrogen-bond acceptors (Lipinski definition) is 3. The molecule has 0 spiro atoms. The molecule has 146 valence electrons. The average molecular weight is 383 g/mol. The van der Waals surface area contributed by atoms with E-state index in [1.165, 1.54) is 18.2 Å². The van der Waals surface area contributed by atoms with Crippen molar-refractivity contribution in [3.05, 3.63) is 59.5 Å². The first-order valence-corrected chi connectivity index (χ1v) is 8.34. The number of aromatic nitrogens is 1. The standard InChI is InChI=1S/C18H21F4N5/c1-23-17(27-11-13-4-2-5-15(19)10-13)25-9-3-8-24-16-7-6-14(12-26-16)18(20,21)22/h2,4-7,10,12H,3,8-9,11H2,1H3,(H,24,26)(H2,23,25,27). The summed E-state index contributed by atoms with van der Waals surface area (Å²) in [4.78, 5) is 7.82. The lowest BCUT2D eigenvalue weighted by Gasteiger charge is -2.12. The number of nitrogens with one attached hydrogen (secondary N) is 3. The number of rotatable bonds is 7. The molecule has 0 aliphatic rings. The maximum Gasteiger partial charge on any atom is 0.417 e. The Morgan fingerprint density at radius 1 is 1.11 bits per heavy atom. The minimum absolute atomic E-state index is 0.291. The summed E-state index contributed by atoms with van der Waals surface area (Å²) in [5, 5.41) is 9.14. The van der Waals surface area contributed by atoms with Gasteiger partial charge in [0.2, 0.25) is 0 Å². The second kappa shape index (κ2) is 9.75. The van der Waals surface area contributed by atoms with Crippen LogP contribution in [-0.2, 0) is 12.7 Å². The normalized spacial score (nSPS) is 12.0. The van der Waals surface area contributed by atoms with Crippen LogP contribution < -0.4 is 16.0 Å². The van der Waals surface area contributed by atoms with Crippen molar-refractivity contribution < 1.29 is 17.6 Å². The van der Waals surface area contributed by atoms with E-state index in [2.05, 4.69) is 25.9 Å². The molecule has 0 unspecified atom stereocenters. The Bertz CT molecular complexity index is 744. The van der Waals surface area contributed by atoms with Crippen molar-refractivity contribution in [2.45, 2.75) is 19.1 Å². The highest BCUT2D eigenvalue weighted by atomic mass is 19.4. The lowest BCUT2D eigenvalue weighted by Crippen LogP contribution is -2.37. The molecule has 1 aromatic heterocycles. The highest BCUT2D eigenvalue weighted by Crippen LogP contribution is 2.28. The van der Waals surface area contributed by atoms with Gasteiger partial charge in [-0.25, -0.2) is 9.37 Å². The molecule has 5 nitrogen and oxygen atoms in total. The number of aliphatic imine (C=N–C) groups is 1. The van der Waals surface area contributed by atoms with E-state index in [9.17, 15) is 17.6 Å². The predicted octanol–water partition coefficient (Wildman–Crippen LogP) is 3.41. The average Bonchev–Trinajstić information content (AvgIpc) is 2.63. The van der Waals surface area contributed by atoms with Crippen molar-refractivity contribution in [1.29, 1.82) is 0 Å². The maximum atomic E-state index is 13.1. The van der Waals surface area contributed by atoms with Gasteiger partial charge in [-0.1, -0.05) is 12.1 Å². The molecule has 27 heavy (non-hydrogen) atoms. The Morgan fingerprint density at radius 2 is 1.93 bits per heavy atom. The molecule has 9 heteroatoms. The quantitative estimate of drug-likeness (QED) is 0.297. The summed E-state index contributed by atoms with van der Waals surface area (Å²) in [6, 6.07) is 8.58. The van der Waals surface area contributed by atoms with Crippen LogP contribution in [0.5, 0.6) is 0 Å². The zero-order valence-corrected chi connectivity index (χ0v) is 14.8. The summed E-state index contributed by atoms with van der Waals surface area (Å²) < 4.78 is 50.5. The van der Waals surface area contributed by atoms with E-state index in [0.29, 0.717) is 37.8 Å². The molecule has 2 aromatic rings. The van der Waals surface area contributed by atoms with Gasteiger partial charge in [-0.2, -0.15) is 13.2 Å². The summed E-state index contributed by atoms with van der Waals surface area (Å²) in [7, 11) is 1.63. The second-order valence-electron chi connectivity index (χ2n) is 5.69. The van der Waals surface area contributed by atoms with Gasteiger partial charge in [0.1, 0.15) is 11.6 Å². The third kappa shape index (κ3) is 7.12. The van der Waals surface area contributed by atoms with E-state index in [4.69, 9.17) is 0 Å². The fourth-order valence-electron chi connectivity index (χ4n) is 2.23. The fourth-order valence-corrected chi connectivity index (χ4v) is 2.23. The summed E-state index contributed by atoms with van der Waals surface area (Å²) in [5.41, 5.74) is 0.0240. The molecule has 3 N–H and O–H groups in total. The fraction of sp³-hybridized carbons (Fsp3) is 0.333. The Balaban J connectivity index is 1.66. The van der Waals surface area contributed by atoms with Gasteiger partial charge in [-0.05, 0) is 36.2 Å². The van der Waals surface area contributed by atoms with Crippen molar-refractivity contribution in [2.24, 2.45) is 4.99 Å². The minimum atomic E-state index is -4.39. The largest absolute Gasteiger partial charge is 0.417 e. The topological polar surface area (TPSA) is 61.3 Å². The number of pyridine rings is 1. The SMILES string of the molecule is CN=C(NCCCNc1ccc(C(F)(F)F)cn1)NCc1cccc(F)c1. The van der Waals surface area contributed by atoms with Gasteiger partial charge in [-0.3, -0.25) is 4.99 Å². The third-order valence-corrected chi connectivity index (χ3v) is 3.62. The van der Waals surface area contributed by atoms with E-state index in [1.807, 2.05) is 6.07 Å². The molecular formula is C18H21F4N5. The van der Waals surface area contributed by atoms with Crippen LogP contribution in [0.3, 0.4) is 0 Å². The zero-order chi connectivity index (χ0) is 19.7. The number of alkyl halides is 3. The van der Waals surface area contributed by atoms with E-state index >= 15 is 0 Å². The van der Waals surface area contributed by atoms with Gasteiger partial charge >= 0.3 is 6.18 Å².